The fourth-order valence-electron chi connectivity index (χ4n) is 1.52. The van der Waals surface area contributed by atoms with Gasteiger partial charge in [-0.25, -0.2) is 9.37 Å². The van der Waals surface area contributed by atoms with Crippen LogP contribution in [0.2, 0.25) is 0 Å². The minimum atomic E-state index is -0.307. The highest BCUT2D eigenvalue weighted by atomic mass is 32.2. The van der Waals surface area contributed by atoms with Crippen LogP contribution in [-0.4, -0.2) is 16.5 Å². The third-order valence-corrected chi connectivity index (χ3v) is 3.53. The summed E-state index contributed by atoms with van der Waals surface area (Å²) in [5.41, 5.74) is 5.92. The SMILES string of the molecule is NCC(Sc1nccc(=O)[nH]1)c1ccccc1F. The van der Waals surface area contributed by atoms with Gasteiger partial charge in [0.2, 0.25) is 0 Å². The van der Waals surface area contributed by atoms with Crippen molar-refractivity contribution in [2.75, 3.05) is 6.54 Å². The van der Waals surface area contributed by atoms with E-state index in [1.807, 2.05) is 0 Å². The topological polar surface area (TPSA) is 71.8 Å². The van der Waals surface area contributed by atoms with Crippen LogP contribution in [0.4, 0.5) is 4.39 Å². The number of aromatic nitrogens is 2. The van der Waals surface area contributed by atoms with Crippen molar-refractivity contribution in [1.82, 2.24) is 9.97 Å². The third-order valence-electron chi connectivity index (χ3n) is 2.37. The second kappa shape index (κ2) is 5.79. The third kappa shape index (κ3) is 2.96. The standard InChI is InChI=1S/C12H12FN3OS/c13-9-4-2-1-3-8(9)10(7-14)18-12-15-6-5-11(17)16-12/h1-6,10H,7,14H2,(H,15,16,17). The molecule has 1 atom stereocenters. The van der Waals surface area contributed by atoms with Crippen LogP contribution in [0.3, 0.4) is 0 Å². The molecular weight excluding hydrogens is 253 g/mol. The molecule has 0 amide bonds. The lowest BCUT2D eigenvalue weighted by Gasteiger charge is -2.14. The summed E-state index contributed by atoms with van der Waals surface area (Å²) in [6.45, 7) is 0.254. The number of nitrogens with two attached hydrogens (primary N) is 1. The lowest BCUT2D eigenvalue weighted by atomic mass is 10.1. The molecule has 1 aromatic carbocycles. The van der Waals surface area contributed by atoms with Crippen molar-refractivity contribution >= 4 is 11.8 Å². The van der Waals surface area contributed by atoms with E-state index in [0.29, 0.717) is 10.7 Å². The lowest BCUT2D eigenvalue weighted by molar-refractivity contribution is 0.607. The molecule has 0 aliphatic carbocycles. The van der Waals surface area contributed by atoms with Crippen LogP contribution in [0.5, 0.6) is 0 Å². The summed E-state index contributed by atoms with van der Waals surface area (Å²) < 4.78 is 13.6. The summed E-state index contributed by atoms with van der Waals surface area (Å²) in [5, 5.41) is 0.151. The van der Waals surface area contributed by atoms with Crippen LogP contribution < -0.4 is 11.3 Å². The van der Waals surface area contributed by atoms with Gasteiger partial charge in [0.1, 0.15) is 5.82 Å². The smallest absolute Gasteiger partial charge is 0.251 e. The largest absolute Gasteiger partial charge is 0.329 e. The average Bonchev–Trinajstić information content (AvgIpc) is 2.37. The molecular formula is C12H12FN3OS. The van der Waals surface area contributed by atoms with Gasteiger partial charge in [-0.3, -0.25) is 4.79 Å². The molecule has 2 rings (SSSR count). The number of nitrogens with zero attached hydrogens (tertiary/aromatic N) is 1. The lowest BCUT2D eigenvalue weighted by Crippen LogP contribution is -2.13. The molecule has 0 spiro atoms. The second-order valence-electron chi connectivity index (χ2n) is 3.60. The molecule has 0 saturated carbocycles. The van der Waals surface area contributed by atoms with Crippen molar-refractivity contribution in [3.05, 3.63) is 58.3 Å². The van der Waals surface area contributed by atoms with Gasteiger partial charge in [0.05, 0.1) is 5.25 Å². The van der Waals surface area contributed by atoms with E-state index < -0.39 is 0 Å². The Morgan fingerprint density at radius 3 is 2.83 bits per heavy atom. The zero-order valence-electron chi connectivity index (χ0n) is 9.47. The van der Waals surface area contributed by atoms with Crippen molar-refractivity contribution in [3.8, 4) is 0 Å². The van der Waals surface area contributed by atoms with E-state index in [1.54, 1.807) is 18.2 Å². The van der Waals surface area contributed by atoms with Crippen LogP contribution >= 0.6 is 11.8 Å². The van der Waals surface area contributed by atoms with Gasteiger partial charge in [0.25, 0.3) is 5.56 Å². The molecule has 94 valence electrons. The summed E-state index contributed by atoms with van der Waals surface area (Å²) >= 11 is 1.24. The van der Waals surface area contributed by atoms with E-state index in [-0.39, 0.29) is 23.2 Å². The first-order chi connectivity index (χ1) is 8.70. The highest BCUT2D eigenvalue weighted by Gasteiger charge is 2.16. The molecule has 0 aliphatic heterocycles. The Morgan fingerprint density at radius 1 is 1.39 bits per heavy atom. The summed E-state index contributed by atoms with van der Waals surface area (Å²) in [4.78, 5) is 17.7. The fraction of sp³-hybridized carbons (Fsp3) is 0.167. The van der Waals surface area contributed by atoms with E-state index in [2.05, 4.69) is 9.97 Å². The van der Waals surface area contributed by atoms with Gasteiger partial charge in [-0.15, -0.1) is 0 Å². The van der Waals surface area contributed by atoms with Gasteiger partial charge in [-0.05, 0) is 6.07 Å². The average molecular weight is 265 g/mol. The Morgan fingerprint density at radius 2 is 2.17 bits per heavy atom. The maximum Gasteiger partial charge on any atom is 0.251 e. The van der Waals surface area contributed by atoms with Gasteiger partial charge in [-0.1, -0.05) is 30.0 Å². The Kier molecular flexibility index (Phi) is 4.11. The van der Waals surface area contributed by atoms with Crippen molar-refractivity contribution in [2.24, 2.45) is 5.73 Å². The molecule has 18 heavy (non-hydrogen) atoms. The summed E-state index contributed by atoms with van der Waals surface area (Å²) in [6.07, 6.45) is 1.41. The molecule has 6 heteroatoms. The highest BCUT2D eigenvalue weighted by Crippen LogP contribution is 2.32. The second-order valence-corrected chi connectivity index (χ2v) is 4.79. The Hall–Kier alpha value is -1.66. The number of hydrogen-bond acceptors (Lipinski definition) is 4. The number of nitrogens with one attached hydrogen (secondary N) is 1. The summed E-state index contributed by atoms with van der Waals surface area (Å²) in [6, 6.07) is 7.77. The zero-order valence-corrected chi connectivity index (χ0v) is 10.3. The quantitative estimate of drug-likeness (QED) is 0.652. The van der Waals surface area contributed by atoms with E-state index in [1.165, 1.54) is 30.1 Å². The number of aromatic amines is 1. The van der Waals surface area contributed by atoms with Crippen LogP contribution in [0.25, 0.3) is 0 Å². The van der Waals surface area contributed by atoms with Gasteiger partial charge in [0.15, 0.2) is 5.16 Å². The van der Waals surface area contributed by atoms with Crippen LogP contribution in [0.1, 0.15) is 10.8 Å². The number of H-pyrrole nitrogens is 1. The van der Waals surface area contributed by atoms with Crippen LogP contribution in [0.15, 0.2) is 46.5 Å². The van der Waals surface area contributed by atoms with Crippen molar-refractivity contribution in [3.63, 3.8) is 0 Å². The maximum absolute atomic E-state index is 13.6. The Bertz CT molecular complexity index is 587. The molecule has 1 heterocycles. The molecule has 0 radical (unpaired) electrons. The first kappa shape index (κ1) is 12.8. The molecule has 0 saturated heterocycles. The number of benzene rings is 1. The maximum atomic E-state index is 13.6. The van der Waals surface area contributed by atoms with Gasteiger partial charge < -0.3 is 10.7 Å². The molecule has 0 aliphatic rings. The van der Waals surface area contributed by atoms with Gasteiger partial charge in [0, 0.05) is 24.4 Å². The van der Waals surface area contributed by atoms with E-state index in [4.69, 9.17) is 5.73 Å². The molecule has 0 fully saturated rings. The minimum Gasteiger partial charge on any atom is -0.329 e. The first-order valence-corrected chi connectivity index (χ1v) is 6.25. The highest BCUT2D eigenvalue weighted by molar-refractivity contribution is 7.99. The number of thioether (sulfide) groups is 1. The molecule has 2 aromatic rings. The van der Waals surface area contributed by atoms with Crippen LogP contribution in [-0.2, 0) is 0 Å². The zero-order chi connectivity index (χ0) is 13.0. The van der Waals surface area contributed by atoms with Crippen molar-refractivity contribution < 1.29 is 4.39 Å². The van der Waals surface area contributed by atoms with E-state index in [9.17, 15) is 9.18 Å². The first-order valence-electron chi connectivity index (χ1n) is 5.37. The number of rotatable bonds is 4. The summed E-state index contributed by atoms with van der Waals surface area (Å²) in [7, 11) is 0. The Balaban J connectivity index is 2.25. The number of halogens is 1. The van der Waals surface area contributed by atoms with Gasteiger partial charge >= 0.3 is 0 Å². The molecule has 1 unspecified atom stereocenters. The number of hydrogen-bond donors (Lipinski definition) is 2. The molecule has 3 N–H and O–H groups in total. The fourth-order valence-corrected chi connectivity index (χ4v) is 2.49. The Labute approximate surface area is 107 Å². The molecule has 4 nitrogen and oxygen atoms in total. The van der Waals surface area contributed by atoms with Crippen LogP contribution in [0, 0.1) is 5.82 Å². The molecule has 0 bridgehead atoms. The van der Waals surface area contributed by atoms with E-state index in [0.717, 1.165) is 0 Å². The predicted molar refractivity (Wildman–Crippen MR) is 68.9 cm³/mol. The van der Waals surface area contributed by atoms with Crippen molar-refractivity contribution in [2.45, 2.75) is 10.4 Å². The normalized spacial score (nSPS) is 12.3. The minimum absolute atomic E-state index is 0.239. The van der Waals surface area contributed by atoms with E-state index >= 15 is 0 Å². The van der Waals surface area contributed by atoms with Gasteiger partial charge in [-0.2, -0.15) is 0 Å². The van der Waals surface area contributed by atoms with Crippen molar-refractivity contribution in [1.29, 1.82) is 0 Å². The molecule has 1 aromatic heterocycles. The predicted octanol–water partition coefficient (Wildman–Crippen LogP) is 1.70. The summed E-state index contributed by atoms with van der Waals surface area (Å²) in [5.74, 6) is -0.307. The monoisotopic (exact) mass is 265 g/mol.